The highest BCUT2D eigenvalue weighted by molar-refractivity contribution is 5.58. The first-order chi connectivity index (χ1) is 11.5. The van der Waals surface area contributed by atoms with E-state index in [1.54, 1.807) is 12.4 Å². The van der Waals surface area contributed by atoms with Gasteiger partial charge in [0.05, 0.1) is 5.69 Å². The Hall–Kier alpha value is -2.76. The van der Waals surface area contributed by atoms with Crippen molar-refractivity contribution in [2.24, 2.45) is 0 Å². The zero-order valence-corrected chi connectivity index (χ0v) is 14.5. The third kappa shape index (κ3) is 3.59. The van der Waals surface area contributed by atoms with E-state index in [0.29, 0.717) is 5.82 Å². The first kappa shape index (κ1) is 16.1. The van der Waals surface area contributed by atoms with Gasteiger partial charge in [0.25, 0.3) is 0 Å². The minimum Gasteiger partial charge on any atom is -0.367 e. The molecule has 3 rings (SSSR count). The summed E-state index contributed by atoms with van der Waals surface area (Å²) in [7, 11) is 0. The highest BCUT2D eigenvalue weighted by Gasteiger charge is 2.13. The van der Waals surface area contributed by atoms with Crippen molar-refractivity contribution in [3.63, 3.8) is 0 Å². The van der Waals surface area contributed by atoms with Crippen molar-refractivity contribution in [1.82, 2.24) is 25.1 Å². The van der Waals surface area contributed by atoms with Gasteiger partial charge in [0.15, 0.2) is 5.82 Å². The molecule has 0 fully saturated rings. The van der Waals surface area contributed by atoms with Crippen LogP contribution in [0.5, 0.6) is 0 Å². The normalized spacial score (nSPS) is 12.2. The summed E-state index contributed by atoms with van der Waals surface area (Å²) in [5, 5.41) is 10.8. The van der Waals surface area contributed by atoms with Gasteiger partial charge in [-0.15, -0.1) is 0 Å². The summed E-state index contributed by atoms with van der Waals surface area (Å²) in [4.78, 5) is 13.4. The summed E-state index contributed by atoms with van der Waals surface area (Å²) in [5.41, 5.74) is 5.06. The van der Waals surface area contributed by atoms with Crippen LogP contribution in [0.3, 0.4) is 0 Å². The molecule has 0 aliphatic heterocycles. The summed E-state index contributed by atoms with van der Waals surface area (Å²) in [6.07, 6.45) is 4.36. The molecule has 0 saturated carbocycles. The molecule has 0 aliphatic rings. The highest BCUT2D eigenvalue weighted by Crippen LogP contribution is 2.22. The molecule has 1 atom stereocenters. The smallest absolute Gasteiger partial charge is 0.163 e. The molecule has 2 N–H and O–H groups in total. The fourth-order valence-electron chi connectivity index (χ4n) is 2.57. The number of hydrogen-bond donors (Lipinski definition) is 2. The Balaban J connectivity index is 1.83. The number of aromatic amines is 1. The molecule has 0 radical (unpaired) electrons. The maximum Gasteiger partial charge on any atom is 0.163 e. The van der Waals surface area contributed by atoms with E-state index in [-0.39, 0.29) is 6.04 Å². The molecular formula is C18H22N6. The predicted molar refractivity (Wildman–Crippen MR) is 94.9 cm³/mol. The lowest BCUT2D eigenvalue weighted by atomic mass is 10.1. The molecule has 0 spiro atoms. The third-order valence-electron chi connectivity index (χ3n) is 3.97. The molecule has 0 aliphatic carbocycles. The molecule has 6 nitrogen and oxygen atoms in total. The highest BCUT2D eigenvalue weighted by atomic mass is 15.1. The molecule has 3 aromatic heterocycles. The van der Waals surface area contributed by atoms with E-state index in [0.717, 1.165) is 40.4 Å². The van der Waals surface area contributed by atoms with Gasteiger partial charge in [0.2, 0.25) is 0 Å². The van der Waals surface area contributed by atoms with E-state index in [4.69, 9.17) is 4.98 Å². The average molecular weight is 322 g/mol. The lowest BCUT2D eigenvalue weighted by Crippen LogP contribution is -2.20. The first-order valence-corrected chi connectivity index (χ1v) is 8.06. The van der Waals surface area contributed by atoms with E-state index >= 15 is 0 Å². The number of H-pyrrole nitrogens is 1. The summed E-state index contributed by atoms with van der Waals surface area (Å²) in [6.45, 7) is 8.18. The van der Waals surface area contributed by atoms with Crippen molar-refractivity contribution in [3.8, 4) is 11.4 Å². The monoisotopic (exact) mass is 322 g/mol. The molecule has 24 heavy (non-hydrogen) atoms. The number of aryl methyl sites for hydroxylation is 2. The minimum absolute atomic E-state index is 0.211. The van der Waals surface area contributed by atoms with Crippen LogP contribution in [-0.4, -0.2) is 31.2 Å². The molecule has 0 bridgehead atoms. The van der Waals surface area contributed by atoms with Crippen LogP contribution in [0, 0.1) is 20.8 Å². The Labute approximate surface area is 141 Å². The summed E-state index contributed by atoms with van der Waals surface area (Å²) in [6, 6.07) is 6.14. The van der Waals surface area contributed by atoms with Crippen molar-refractivity contribution >= 4 is 5.82 Å². The van der Waals surface area contributed by atoms with Crippen LogP contribution in [0.4, 0.5) is 5.82 Å². The van der Waals surface area contributed by atoms with Crippen LogP contribution >= 0.6 is 0 Å². The maximum absolute atomic E-state index is 4.70. The Kier molecular flexibility index (Phi) is 4.55. The lowest BCUT2D eigenvalue weighted by Gasteiger charge is -2.17. The Morgan fingerprint density at radius 3 is 2.71 bits per heavy atom. The van der Waals surface area contributed by atoms with Gasteiger partial charge >= 0.3 is 0 Å². The van der Waals surface area contributed by atoms with Crippen LogP contribution in [0.25, 0.3) is 11.4 Å². The standard InChI is InChI=1S/C18H22N6/c1-11(8-16-9-12(2)23-24-16)20-17-13(3)14(4)21-18(22-17)15-6-5-7-19-10-15/h5-7,9-11H,8H2,1-4H3,(H,23,24)(H,20,21,22). The number of pyridine rings is 1. The third-order valence-corrected chi connectivity index (χ3v) is 3.97. The molecule has 1 unspecified atom stereocenters. The number of nitrogens with one attached hydrogen (secondary N) is 2. The molecule has 124 valence electrons. The van der Waals surface area contributed by atoms with E-state index in [1.807, 2.05) is 32.9 Å². The fraction of sp³-hybridized carbons (Fsp3) is 0.333. The lowest BCUT2D eigenvalue weighted by molar-refractivity contribution is 0.757. The van der Waals surface area contributed by atoms with Gasteiger partial charge in [-0.05, 0) is 45.9 Å². The topological polar surface area (TPSA) is 79.4 Å². The van der Waals surface area contributed by atoms with Gasteiger partial charge in [-0.2, -0.15) is 5.10 Å². The quantitative estimate of drug-likeness (QED) is 0.754. The molecule has 3 aromatic rings. The van der Waals surface area contributed by atoms with Crippen molar-refractivity contribution in [1.29, 1.82) is 0 Å². The van der Waals surface area contributed by atoms with Crippen molar-refractivity contribution in [3.05, 3.63) is 53.2 Å². The first-order valence-electron chi connectivity index (χ1n) is 8.06. The Morgan fingerprint density at radius 2 is 2.04 bits per heavy atom. The number of anilines is 1. The SMILES string of the molecule is Cc1cc(CC(C)Nc2nc(-c3cccnc3)nc(C)c2C)n[nH]1. The second-order valence-corrected chi connectivity index (χ2v) is 6.14. The van der Waals surface area contributed by atoms with Gasteiger partial charge in [0, 0.05) is 47.4 Å². The second kappa shape index (κ2) is 6.78. The maximum atomic E-state index is 4.70. The molecule has 0 amide bonds. The van der Waals surface area contributed by atoms with Gasteiger partial charge in [-0.3, -0.25) is 10.1 Å². The van der Waals surface area contributed by atoms with Gasteiger partial charge in [-0.25, -0.2) is 9.97 Å². The summed E-state index contributed by atoms with van der Waals surface area (Å²) < 4.78 is 0. The van der Waals surface area contributed by atoms with E-state index in [1.165, 1.54) is 0 Å². The van der Waals surface area contributed by atoms with Crippen LogP contribution in [-0.2, 0) is 6.42 Å². The molecule has 0 saturated heterocycles. The molecule has 6 heteroatoms. The zero-order chi connectivity index (χ0) is 17.1. The van der Waals surface area contributed by atoms with E-state index in [2.05, 4.69) is 38.5 Å². The van der Waals surface area contributed by atoms with Crippen LogP contribution in [0.2, 0.25) is 0 Å². The molecule has 0 aromatic carbocycles. The summed E-state index contributed by atoms with van der Waals surface area (Å²) >= 11 is 0. The number of rotatable bonds is 5. The number of nitrogens with zero attached hydrogens (tertiary/aromatic N) is 4. The largest absolute Gasteiger partial charge is 0.367 e. The number of aromatic nitrogens is 5. The minimum atomic E-state index is 0.211. The molecular weight excluding hydrogens is 300 g/mol. The van der Waals surface area contributed by atoms with Gasteiger partial charge < -0.3 is 5.32 Å². The van der Waals surface area contributed by atoms with Crippen molar-refractivity contribution < 1.29 is 0 Å². The Morgan fingerprint density at radius 1 is 1.21 bits per heavy atom. The summed E-state index contributed by atoms with van der Waals surface area (Å²) in [5.74, 6) is 1.55. The number of hydrogen-bond acceptors (Lipinski definition) is 5. The predicted octanol–water partition coefficient (Wildman–Crippen LogP) is 3.23. The van der Waals surface area contributed by atoms with Crippen LogP contribution in [0.1, 0.15) is 29.6 Å². The van der Waals surface area contributed by atoms with Crippen LogP contribution in [0.15, 0.2) is 30.6 Å². The van der Waals surface area contributed by atoms with Gasteiger partial charge in [0.1, 0.15) is 5.82 Å². The zero-order valence-electron chi connectivity index (χ0n) is 14.5. The molecule has 3 heterocycles. The van der Waals surface area contributed by atoms with Gasteiger partial charge in [-0.1, -0.05) is 0 Å². The van der Waals surface area contributed by atoms with Crippen LogP contribution < -0.4 is 5.32 Å². The van der Waals surface area contributed by atoms with Crippen molar-refractivity contribution in [2.45, 2.75) is 40.2 Å². The average Bonchev–Trinajstić information content (AvgIpc) is 2.97. The van der Waals surface area contributed by atoms with E-state index in [9.17, 15) is 0 Å². The second-order valence-electron chi connectivity index (χ2n) is 6.14. The fourth-order valence-corrected chi connectivity index (χ4v) is 2.57. The van der Waals surface area contributed by atoms with Crippen molar-refractivity contribution in [2.75, 3.05) is 5.32 Å². The Bertz CT molecular complexity index is 825. The van der Waals surface area contributed by atoms with E-state index < -0.39 is 0 Å².